The van der Waals surface area contributed by atoms with Gasteiger partial charge in [0.25, 0.3) is 0 Å². The van der Waals surface area contributed by atoms with Gasteiger partial charge in [-0.25, -0.2) is 5.09 Å². The van der Waals surface area contributed by atoms with E-state index in [1.54, 1.807) is 0 Å². The minimum absolute atomic E-state index is 0.0277. The molecule has 0 saturated carbocycles. The normalized spacial score (nSPS) is 19.9. The second-order valence-corrected chi connectivity index (χ2v) is 19.8. The third-order valence-electron chi connectivity index (χ3n) is 10.9. The molecule has 1 aliphatic carbocycles. The van der Waals surface area contributed by atoms with Crippen LogP contribution in [0.25, 0.3) is 0 Å². The summed E-state index contributed by atoms with van der Waals surface area (Å²) in [5, 5.41) is 3.70. The first-order chi connectivity index (χ1) is 25.2. The highest BCUT2D eigenvalue weighted by molar-refractivity contribution is 7.49. The first-order valence-electron chi connectivity index (χ1n) is 18.5. The number of rotatable bonds is 4. The van der Waals surface area contributed by atoms with Crippen molar-refractivity contribution in [2.24, 2.45) is 0 Å². The molecule has 5 heterocycles. The molecule has 0 saturated heterocycles. The van der Waals surface area contributed by atoms with Crippen molar-refractivity contribution in [3.05, 3.63) is 148 Å². The SMILES string of the molecule is CC(C)(C)c1cc(OP2NC3C=CC=C3Cc3ccccc3O2)c2c(c1)C(C)(C)c1cc(C(C)(C)C)cc(OP3n4cccc4Cc4cccn43)c1O2. The van der Waals surface area contributed by atoms with Crippen LogP contribution in [0.3, 0.4) is 0 Å². The maximum atomic E-state index is 7.23. The maximum absolute atomic E-state index is 7.23. The highest BCUT2D eigenvalue weighted by atomic mass is 31.2. The molecule has 3 aromatic carbocycles. The summed E-state index contributed by atoms with van der Waals surface area (Å²) < 4.78 is 32.7. The van der Waals surface area contributed by atoms with Crippen LogP contribution >= 0.6 is 17.0 Å². The van der Waals surface area contributed by atoms with E-state index < -0.39 is 22.4 Å². The van der Waals surface area contributed by atoms with Crippen LogP contribution in [0.4, 0.5) is 0 Å². The standard InChI is InChI=1S/C44H47N3O4P2/c1-42(2,3)30-23-34-40(38(25-30)50-52-45-36-18-11-15-28(36)22-29-14-9-10-19-37(29)49-52)48-41-35(44(34,7)8)24-31(43(4,5)6)26-39(41)51-53-46-20-12-16-32(46)27-33-17-13-21-47(33)53/h9-21,23-26,36,45H,22,27H2,1-8H3. The molecule has 0 radical (unpaired) electrons. The third-order valence-corrected chi connectivity index (χ3v) is 14.0. The molecule has 53 heavy (non-hydrogen) atoms. The lowest BCUT2D eigenvalue weighted by Gasteiger charge is -2.39. The van der Waals surface area contributed by atoms with Gasteiger partial charge in [-0.1, -0.05) is 104 Å². The summed E-state index contributed by atoms with van der Waals surface area (Å²) >= 11 is 0. The van der Waals surface area contributed by atoms with Gasteiger partial charge < -0.3 is 18.3 Å². The van der Waals surface area contributed by atoms with Gasteiger partial charge >= 0.3 is 17.0 Å². The largest absolute Gasteiger partial charge is 0.449 e. The number of ether oxygens (including phenoxy) is 1. The first kappa shape index (κ1) is 34.5. The van der Waals surface area contributed by atoms with Crippen LogP contribution < -0.4 is 23.4 Å². The fraction of sp³-hybridized carbons (Fsp3) is 0.318. The number of para-hydroxylation sites is 1. The molecule has 2 aromatic heterocycles. The number of nitrogens with one attached hydrogen (secondary N) is 1. The summed E-state index contributed by atoms with van der Waals surface area (Å²) in [6, 6.07) is 25.9. The molecule has 7 nitrogen and oxygen atoms in total. The number of allylic oxidation sites excluding steroid dienone is 2. The summed E-state index contributed by atoms with van der Waals surface area (Å²) in [5.41, 5.74) is 8.77. The smallest absolute Gasteiger partial charge is 0.382 e. The number of hydrogen-bond donors (Lipinski definition) is 1. The molecule has 0 bridgehead atoms. The fourth-order valence-corrected chi connectivity index (χ4v) is 10.7. The molecular weight excluding hydrogens is 696 g/mol. The number of aromatic nitrogens is 2. The Morgan fingerprint density at radius 1 is 0.755 bits per heavy atom. The zero-order chi connectivity index (χ0) is 36.9. The molecule has 9 rings (SSSR count). The van der Waals surface area contributed by atoms with Crippen molar-refractivity contribution in [2.45, 2.75) is 90.5 Å². The average Bonchev–Trinajstić information content (AvgIpc) is 3.86. The minimum Gasteiger partial charge on any atom is -0.449 e. The Morgan fingerprint density at radius 3 is 1.98 bits per heavy atom. The van der Waals surface area contributed by atoms with Crippen LogP contribution in [0.5, 0.6) is 28.7 Å². The van der Waals surface area contributed by atoms with Gasteiger partial charge in [0, 0.05) is 46.7 Å². The van der Waals surface area contributed by atoms with Gasteiger partial charge in [0.1, 0.15) is 5.75 Å². The Bertz CT molecular complexity index is 2280. The van der Waals surface area contributed by atoms with Gasteiger partial charge in [0.2, 0.25) is 0 Å². The Hall–Kier alpha value is -4.28. The van der Waals surface area contributed by atoms with Crippen molar-refractivity contribution in [3.8, 4) is 28.7 Å². The van der Waals surface area contributed by atoms with Gasteiger partial charge in [0.15, 0.2) is 23.0 Å². The molecule has 272 valence electrons. The third kappa shape index (κ3) is 6.02. The van der Waals surface area contributed by atoms with Crippen LogP contribution in [0.1, 0.15) is 94.6 Å². The van der Waals surface area contributed by atoms with Crippen molar-refractivity contribution in [2.75, 3.05) is 0 Å². The summed E-state index contributed by atoms with van der Waals surface area (Å²) in [5.74, 6) is 3.65. The predicted octanol–water partition coefficient (Wildman–Crippen LogP) is 11.6. The molecule has 1 N–H and O–H groups in total. The van der Waals surface area contributed by atoms with Crippen molar-refractivity contribution >= 4 is 17.0 Å². The molecule has 0 amide bonds. The Kier molecular flexibility index (Phi) is 8.06. The second-order valence-electron chi connectivity index (χ2n) is 17.1. The van der Waals surface area contributed by atoms with Crippen molar-refractivity contribution < 1.29 is 18.3 Å². The molecule has 5 aromatic rings. The van der Waals surface area contributed by atoms with Crippen LogP contribution in [0.2, 0.25) is 0 Å². The lowest BCUT2D eigenvalue weighted by Crippen LogP contribution is -2.30. The summed E-state index contributed by atoms with van der Waals surface area (Å²) in [6.45, 7) is 18.1. The highest BCUT2D eigenvalue weighted by Crippen LogP contribution is 2.60. The number of nitrogens with zero attached hydrogens (tertiary/aromatic N) is 2. The molecule has 0 spiro atoms. The molecule has 2 atom stereocenters. The quantitative estimate of drug-likeness (QED) is 0.186. The first-order valence-corrected chi connectivity index (χ1v) is 20.8. The zero-order valence-corrected chi connectivity index (χ0v) is 33.5. The van der Waals surface area contributed by atoms with E-state index in [2.05, 4.69) is 160 Å². The molecule has 4 aliphatic rings. The van der Waals surface area contributed by atoms with Gasteiger partial charge in [0.05, 0.1) is 6.04 Å². The summed E-state index contributed by atoms with van der Waals surface area (Å²) in [6.07, 6.45) is 12.5. The lowest BCUT2D eigenvalue weighted by atomic mass is 9.72. The average molecular weight is 744 g/mol. The van der Waals surface area contributed by atoms with Crippen LogP contribution in [-0.2, 0) is 29.1 Å². The number of fused-ring (bicyclic) bond motifs is 6. The van der Waals surface area contributed by atoms with E-state index in [4.69, 9.17) is 18.3 Å². The topological polar surface area (TPSA) is 58.8 Å². The van der Waals surface area contributed by atoms with E-state index in [1.165, 1.54) is 28.1 Å². The summed E-state index contributed by atoms with van der Waals surface area (Å²) in [4.78, 5) is 0. The highest BCUT2D eigenvalue weighted by Gasteiger charge is 2.42. The second kappa shape index (κ2) is 12.4. The van der Waals surface area contributed by atoms with Gasteiger partial charge in [-0.05, 0) is 82.0 Å². The van der Waals surface area contributed by atoms with E-state index >= 15 is 0 Å². The monoisotopic (exact) mass is 743 g/mol. The molecule has 2 unspecified atom stereocenters. The molecule has 0 fully saturated rings. The van der Waals surface area contributed by atoms with Crippen LogP contribution in [0, 0.1) is 0 Å². The van der Waals surface area contributed by atoms with Crippen LogP contribution in [-0.4, -0.2) is 14.7 Å². The van der Waals surface area contributed by atoms with E-state index in [-0.39, 0.29) is 16.9 Å². The predicted molar refractivity (Wildman–Crippen MR) is 215 cm³/mol. The Balaban J connectivity index is 1.18. The minimum atomic E-state index is -1.62. The van der Waals surface area contributed by atoms with E-state index in [0.29, 0.717) is 11.5 Å². The van der Waals surface area contributed by atoms with E-state index in [1.807, 2.05) is 12.1 Å². The zero-order valence-electron chi connectivity index (χ0n) is 31.7. The van der Waals surface area contributed by atoms with Crippen LogP contribution in [0.15, 0.2) is 109 Å². The Labute approximate surface area is 315 Å². The number of benzene rings is 3. The Morgan fingerprint density at radius 2 is 1.36 bits per heavy atom. The molecular formula is C44H47N3O4P2. The van der Waals surface area contributed by atoms with E-state index in [0.717, 1.165) is 46.8 Å². The molecule has 9 heteroatoms. The summed E-state index contributed by atoms with van der Waals surface area (Å²) in [7, 11) is -2.88. The van der Waals surface area contributed by atoms with Crippen molar-refractivity contribution in [1.29, 1.82) is 0 Å². The van der Waals surface area contributed by atoms with Crippen molar-refractivity contribution in [1.82, 2.24) is 13.8 Å². The van der Waals surface area contributed by atoms with E-state index in [9.17, 15) is 0 Å². The number of hydrogen-bond acceptors (Lipinski definition) is 5. The van der Waals surface area contributed by atoms with Gasteiger partial charge in [-0.2, -0.15) is 0 Å². The fourth-order valence-electron chi connectivity index (χ4n) is 7.62. The molecule has 3 aliphatic heterocycles. The maximum Gasteiger partial charge on any atom is 0.382 e. The lowest BCUT2D eigenvalue weighted by molar-refractivity contribution is 0.374. The van der Waals surface area contributed by atoms with Crippen molar-refractivity contribution in [3.63, 3.8) is 0 Å². The van der Waals surface area contributed by atoms with Gasteiger partial charge in [-0.15, -0.1) is 0 Å². The van der Waals surface area contributed by atoms with Gasteiger partial charge in [-0.3, -0.25) is 8.68 Å².